The van der Waals surface area contributed by atoms with Gasteiger partial charge in [-0.1, -0.05) is 27.5 Å². The van der Waals surface area contributed by atoms with Gasteiger partial charge in [-0.3, -0.25) is 0 Å². The third kappa shape index (κ3) is 3.21. The SMILES string of the molecule is Cc1nc(C(C)Nc2cc(Br)ccc2Cl)cs1. The van der Waals surface area contributed by atoms with E-state index in [-0.39, 0.29) is 6.04 Å². The number of nitrogens with one attached hydrogen (secondary N) is 1. The van der Waals surface area contributed by atoms with E-state index in [0.29, 0.717) is 5.02 Å². The van der Waals surface area contributed by atoms with Gasteiger partial charge in [0, 0.05) is 9.85 Å². The Hall–Kier alpha value is -0.580. The zero-order chi connectivity index (χ0) is 12.4. The molecule has 2 rings (SSSR count). The molecule has 5 heteroatoms. The van der Waals surface area contributed by atoms with Crippen LogP contribution in [0.15, 0.2) is 28.1 Å². The molecule has 0 saturated heterocycles. The topological polar surface area (TPSA) is 24.9 Å². The van der Waals surface area contributed by atoms with Gasteiger partial charge in [0.05, 0.1) is 27.5 Å². The lowest BCUT2D eigenvalue weighted by atomic mass is 10.2. The lowest BCUT2D eigenvalue weighted by Gasteiger charge is -2.14. The number of halogens is 2. The molecule has 0 fully saturated rings. The molecule has 1 aromatic carbocycles. The summed E-state index contributed by atoms with van der Waals surface area (Å²) < 4.78 is 1.01. The normalized spacial score (nSPS) is 12.5. The van der Waals surface area contributed by atoms with Crippen molar-refractivity contribution >= 4 is 44.6 Å². The summed E-state index contributed by atoms with van der Waals surface area (Å²) >= 11 is 11.2. The van der Waals surface area contributed by atoms with Crippen molar-refractivity contribution in [2.45, 2.75) is 19.9 Å². The number of aryl methyl sites for hydroxylation is 1. The Labute approximate surface area is 118 Å². The molecule has 90 valence electrons. The number of rotatable bonds is 3. The third-order valence-corrected chi connectivity index (χ3v) is 4.00. The summed E-state index contributed by atoms with van der Waals surface area (Å²) in [6, 6.07) is 5.91. The van der Waals surface area contributed by atoms with Crippen molar-refractivity contribution in [1.82, 2.24) is 4.98 Å². The summed E-state index contributed by atoms with van der Waals surface area (Å²) in [6.07, 6.45) is 0. The number of aromatic nitrogens is 1. The van der Waals surface area contributed by atoms with Crippen molar-refractivity contribution in [2.24, 2.45) is 0 Å². The smallest absolute Gasteiger partial charge is 0.0898 e. The molecule has 2 aromatic rings. The van der Waals surface area contributed by atoms with E-state index in [1.54, 1.807) is 11.3 Å². The molecule has 0 aliphatic rings. The highest BCUT2D eigenvalue weighted by molar-refractivity contribution is 9.10. The first-order valence-electron chi connectivity index (χ1n) is 5.20. The van der Waals surface area contributed by atoms with E-state index in [1.165, 1.54) is 0 Å². The van der Waals surface area contributed by atoms with E-state index in [0.717, 1.165) is 20.9 Å². The molecule has 0 bridgehead atoms. The standard InChI is InChI=1S/C12H12BrClN2S/c1-7(12-6-17-8(2)16-12)15-11-5-9(13)3-4-10(11)14/h3-7,15H,1-2H3. The lowest BCUT2D eigenvalue weighted by Crippen LogP contribution is -2.07. The number of thiazole rings is 1. The van der Waals surface area contributed by atoms with Crippen LogP contribution in [0.3, 0.4) is 0 Å². The molecule has 0 radical (unpaired) electrons. The zero-order valence-corrected chi connectivity index (χ0v) is 12.7. The van der Waals surface area contributed by atoms with Crippen molar-refractivity contribution in [2.75, 3.05) is 5.32 Å². The van der Waals surface area contributed by atoms with Gasteiger partial charge in [-0.15, -0.1) is 11.3 Å². The molecule has 0 amide bonds. The Morgan fingerprint density at radius 2 is 2.24 bits per heavy atom. The van der Waals surface area contributed by atoms with E-state index < -0.39 is 0 Å². The van der Waals surface area contributed by atoms with E-state index in [9.17, 15) is 0 Å². The van der Waals surface area contributed by atoms with Gasteiger partial charge in [-0.05, 0) is 32.0 Å². The Morgan fingerprint density at radius 1 is 1.47 bits per heavy atom. The number of hydrogen-bond acceptors (Lipinski definition) is 3. The molecule has 1 N–H and O–H groups in total. The lowest BCUT2D eigenvalue weighted by molar-refractivity contribution is 0.845. The van der Waals surface area contributed by atoms with Crippen molar-refractivity contribution in [3.63, 3.8) is 0 Å². The molecular weight excluding hydrogens is 320 g/mol. The van der Waals surface area contributed by atoms with Crippen molar-refractivity contribution in [3.05, 3.63) is 43.8 Å². The fourth-order valence-corrected chi connectivity index (χ4v) is 2.73. The van der Waals surface area contributed by atoms with Gasteiger partial charge in [0.15, 0.2) is 0 Å². The fraction of sp³-hybridized carbons (Fsp3) is 0.250. The van der Waals surface area contributed by atoms with Gasteiger partial charge in [0.25, 0.3) is 0 Å². The van der Waals surface area contributed by atoms with Crippen LogP contribution in [0.25, 0.3) is 0 Å². The Balaban J connectivity index is 2.18. The van der Waals surface area contributed by atoms with Crippen molar-refractivity contribution in [1.29, 1.82) is 0 Å². The van der Waals surface area contributed by atoms with Gasteiger partial charge in [-0.25, -0.2) is 4.98 Å². The Morgan fingerprint density at radius 3 is 2.88 bits per heavy atom. The molecule has 0 spiro atoms. The van der Waals surface area contributed by atoms with E-state index >= 15 is 0 Å². The van der Waals surface area contributed by atoms with Gasteiger partial charge in [0.2, 0.25) is 0 Å². The number of nitrogens with zero attached hydrogens (tertiary/aromatic N) is 1. The van der Waals surface area contributed by atoms with Gasteiger partial charge in [-0.2, -0.15) is 0 Å². The van der Waals surface area contributed by atoms with Crippen LogP contribution in [0.1, 0.15) is 23.7 Å². The average molecular weight is 332 g/mol. The van der Waals surface area contributed by atoms with Gasteiger partial charge >= 0.3 is 0 Å². The Kier molecular flexibility index (Phi) is 4.07. The molecule has 1 aromatic heterocycles. The predicted octanol–water partition coefficient (Wildman–Crippen LogP) is 5.04. The molecule has 17 heavy (non-hydrogen) atoms. The molecule has 1 unspecified atom stereocenters. The van der Waals surface area contributed by atoms with Crippen LogP contribution in [0, 0.1) is 6.92 Å². The molecule has 1 atom stereocenters. The zero-order valence-electron chi connectivity index (χ0n) is 9.50. The van der Waals surface area contributed by atoms with E-state index in [1.807, 2.05) is 25.1 Å². The summed E-state index contributed by atoms with van der Waals surface area (Å²) in [5, 5.41) is 7.22. The maximum atomic E-state index is 6.13. The first kappa shape index (κ1) is 12.9. The van der Waals surface area contributed by atoms with Crippen LogP contribution < -0.4 is 5.32 Å². The quantitative estimate of drug-likeness (QED) is 0.852. The molecular formula is C12H12BrClN2S. The van der Waals surface area contributed by atoms with Crippen LogP contribution in [-0.4, -0.2) is 4.98 Å². The molecule has 0 saturated carbocycles. The summed E-state index contributed by atoms with van der Waals surface area (Å²) in [7, 11) is 0. The maximum absolute atomic E-state index is 6.13. The molecule has 0 aliphatic heterocycles. The fourth-order valence-electron chi connectivity index (χ4n) is 1.49. The van der Waals surface area contributed by atoms with Crippen molar-refractivity contribution in [3.8, 4) is 0 Å². The van der Waals surface area contributed by atoms with E-state index in [4.69, 9.17) is 11.6 Å². The molecule has 2 nitrogen and oxygen atoms in total. The summed E-state index contributed by atoms with van der Waals surface area (Å²) in [6.45, 7) is 4.08. The highest BCUT2D eigenvalue weighted by Gasteiger charge is 2.10. The second-order valence-corrected chi connectivity index (χ2v) is 6.17. The predicted molar refractivity (Wildman–Crippen MR) is 78.0 cm³/mol. The minimum absolute atomic E-state index is 0.145. The molecule has 1 heterocycles. The van der Waals surface area contributed by atoms with Crippen LogP contribution in [0.4, 0.5) is 5.69 Å². The van der Waals surface area contributed by atoms with Gasteiger partial charge in [0.1, 0.15) is 0 Å². The number of benzene rings is 1. The summed E-state index contributed by atoms with van der Waals surface area (Å²) in [5.74, 6) is 0. The molecule has 0 aliphatic carbocycles. The Bertz CT molecular complexity index is 527. The summed E-state index contributed by atoms with van der Waals surface area (Å²) in [4.78, 5) is 4.46. The van der Waals surface area contributed by atoms with Crippen LogP contribution >= 0.6 is 38.9 Å². The number of hydrogen-bond donors (Lipinski definition) is 1. The average Bonchev–Trinajstić information content (AvgIpc) is 2.70. The minimum atomic E-state index is 0.145. The van der Waals surface area contributed by atoms with E-state index in [2.05, 4.69) is 38.5 Å². The maximum Gasteiger partial charge on any atom is 0.0898 e. The van der Waals surface area contributed by atoms with Gasteiger partial charge < -0.3 is 5.32 Å². The van der Waals surface area contributed by atoms with Crippen LogP contribution in [-0.2, 0) is 0 Å². The first-order valence-corrected chi connectivity index (χ1v) is 7.25. The second-order valence-electron chi connectivity index (χ2n) is 3.78. The highest BCUT2D eigenvalue weighted by atomic mass is 79.9. The highest BCUT2D eigenvalue weighted by Crippen LogP contribution is 2.29. The summed E-state index contributed by atoms with van der Waals surface area (Å²) in [5.41, 5.74) is 1.96. The third-order valence-electron chi connectivity index (χ3n) is 2.38. The first-order chi connectivity index (χ1) is 8.06. The van der Waals surface area contributed by atoms with Crippen LogP contribution in [0.5, 0.6) is 0 Å². The van der Waals surface area contributed by atoms with Crippen LogP contribution in [0.2, 0.25) is 5.02 Å². The largest absolute Gasteiger partial charge is 0.376 e. The second kappa shape index (κ2) is 5.38. The number of anilines is 1. The minimum Gasteiger partial charge on any atom is -0.376 e. The monoisotopic (exact) mass is 330 g/mol. The van der Waals surface area contributed by atoms with Crippen molar-refractivity contribution < 1.29 is 0 Å².